The van der Waals surface area contributed by atoms with Gasteiger partial charge in [-0.1, -0.05) is 6.07 Å². The second-order valence-corrected chi connectivity index (χ2v) is 6.39. The molecule has 0 unspecified atom stereocenters. The molecule has 0 saturated heterocycles. The molecule has 1 aliphatic rings. The molecule has 2 aromatic heterocycles. The zero-order valence-corrected chi connectivity index (χ0v) is 14.6. The van der Waals surface area contributed by atoms with Gasteiger partial charge >= 0.3 is 0 Å². The van der Waals surface area contributed by atoms with Gasteiger partial charge in [0.2, 0.25) is 0 Å². The highest BCUT2D eigenvalue weighted by Gasteiger charge is 2.23. The third-order valence-electron chi connectivity index (χ3n) is 4.61. The number of hydrogen-bond donors (Lipinski definition) is 1. The molecule has 0 bridgehead atoms. The lowest BCUT2D eigenvalue weighted by Gasteiger charge is -2.27. The van der Waals surface area contributed by atoms with E-state index in [0.717, 1.165) is 36.2 Å². The Morgan fingerprint density at radius 1 is 1.36 bits per heavy atom. The largest absolute Gasteiger partial charge is 0.383 e. The number of nitrogens with one attached hydrogen (secondary N) is 1. The number of methoxy groups -OCH3 is 1. The van der Waals surface area contributed by atoms with E-state index in [1.54, 1.807) is 30.0 Å². The van der Waals surface area contributed by atoms with Crippen LogP contribution in [-0.4, -0.2) is 35.2 Å². The fourth-order valence-electron chi connectivity index (χ4n) is 3.25. The van der Waals surface area contributed by atoms with E-state index >= 15 is 0 Å². The number of amides is 1. The van der Waals surface area contributed by atoms with E-state index in [9.17, 15) is 9.59 Å². The number of fused-ring (bicyclic) bond motifs is 1. The molecular weight excluding hydrogens is 318 g/mol. The SMILES string of the molecule is COCCn1c2c(ccc1=O)C[C@H](NC(=O)c1ccc(C)nc1)CC2. The van der Waals surface area contributed by atoms with Gasteiger partial charge in [0.25, 0.3) is 11.5 Å². The third-order valence-corrected chi connectivity index (χ3v) is 4.61. The number of carbonyl (C=O) groups excluding carboxylic acids is 1. The summed E-state index contributed by atoms with van der Waals surface area (Å²) in [4.78, 5) is 28.6. The van der Waals surface area contributed by atoms with E-state index in [1.165, 1.54) is 0 Å². The first-order valence-corrected chi connectivity index (χ1v) is 8.52. The third kappa shape index (κ3) is 3.96. The van der Waals surface area contributed by atoms with E-state index in [0.29, 0.717) is 18.7 Å². The predicted octanol–water partition coefficient (Wildman–Crippen LogP) is 1.49. The van der Waals surface area contributed by atoms with E-state index < -0.39 is 0 Å². The van der Waals surface area contributed by atoms with Crippen molar-refractivity contribution in [2.75, 3.05) is 13.7 Å². The molecule has 1 amide bonds. The van der Waals surface area contributed by atoms with Gasteiger partial charge in [0.05, 0.1) is 12.2 Å². The van der Waals surface area contributed by atoms with Crippen LogP contribution in [0.1, 0.15) is 33.7 Å². The molecule has 6 nitrogen and oxygen atoms in total. The normalized spacial score (nSPS) is 16.3. The van der Waals surface area contributed by atoms with Gasteiger partial charge in [-0.05, 0) is 43.9 Å². The molecule has 0 aromatic carbocycles. The highest BCUT2D eigenvalue weighted by Crippen LogP contribution is 2.20. The fraction of sp³-hybridized carbons (Fsp3) is 0.421. The second-order valence-electron chi connectivity index (χ2n) is 6.39. The number of nitrogens with zero attached hydrogens (tertiary/aromatic N) is 2. The Morgan fingerprint density at radius 3 is 2.92 bits per heavy atom. The summed E-state index contributed by atoms with van der Waals surface area (Å²) in [6, 6.07) is 7.17. The van der Waals surface area contributed by atoms with Crippen molar-refractivity contribution in [1.82, 2.24) is 14.9 Å². The van der Waals surface area contributed by atoms with Crippen LogP contribution in [0.2, 0.25) is 0 Å². The summed E-state index contributed by atoms with van der Waals surface area (Å²) >= 11 is 0. The van der Waals surface area contributed by atoms with Crippen molar-refractivity contribution in [3.05, 3.63) is 63.3 Å². The molecule has 0 saturated carbocycles. The number of hydrogen-bond acceptors (Lipinski definition) is 4. The summed E-state index contributed by atoms with van der Waals surface area (Å²) in [5.74, 6) is -0.103. The maximum atomic E-state index is 12.4. The van der Waals surface area contributed by atoms with Crippen molar-refractivity contribution >= 4 is 5.91 Å². The molecule has 2 aromatic rings. The smallest absolute Gasteiger partial charge is 0.253 e. The van der Waals surface area contributed by atoms with Crippen molar-refractivity contribution in [2.24, 2.45) is 0 Å². The molecule has 1 atom stereocenters. The first kappa shape index (κ1) is 17.4. The molecule has 1 aliphatic carbocycles. The Bertz CT molecular complexity index is 812. The second kappa shape index (κ2) is 7.61. The lowest BCUT2D eigenvalue weighted by atomic mass is 9.91. The lowest BCUT2D eigenvalue weighted by Crippen LogP contribution is -2.40. The van der Waals surface area contributed by atoms with Gasteiger partial charge in [0.15, 0.2) is 0 Å². The summed E-state index contributed by atoms with van der Waals surface area (Å²) in [5.41, 5.74) is 3.64. The molecule has 0 spiro atoms. The Labute approximate surface area is 146 Å². The predicted molar refractivity (Wildman–Crippen MR) is 94.8 cm³/mol. The van der Waals surface area contributed by atoms with E-state index in [-0.39, 0.29) is 17.5 Å². The highest BCUT2D eigenvalue weighted by atomic mass is 16.5. The van der Waals surface area contributed by atoms with Gasteiger partial charge in [-0.15, -0.1) is 0 Å². The zero-order valence-electron chi connectivity index (χ0n) is 14.6. The van der Waals surface area contributed by atoms with Gasteiger partial charge < -0.3 is 14.6 Å². The van der Waals surface area contributed by atoms with Gasteiger partial charge in [-0.2, -0.15) is 0 Å². The van der Waals surface area contributed by atoms with Crippen molar-refractivity contribution in [1.29, 1.82) is 0 Å². The minimum absolute atomic E-state index is 0.00372. The zero-order chi connectivity index (χ0) is 17.8. The number of aromatic nitrogens is 2. The molecule has 6 heteroatoms. The van der Waals surface area contributed by atoms with Crippen LogP contribution < -0.4 is 10.9 Å². The summed E-state index contributed by atoms with van der Waals surface area (Å²) in [6.45, 7) is 2.96. The molecule has 0 radical (unpaired) electrons. The van der Waals surface area contributed by atoms with E-state index in [4.69, 9.17) is 4.74 Å². The standard InChI is InChI=1S/C19H23N3O3/c1-13-3-4-15(12-20-13)19(24)21-16-6-7-17-14(11-16)5-8-18(23)22(17)9-10-25-2/h3-5,8,12,16H,6-7,9-11H2,1-2H3,(H,21,24)/t16-/m1/s1. The van der Waals surface area contributed by atoms with Crippen LogP contribution in [0.5, 0.6) is 0 Å². The van der Waals surface area contributed by atoms with Crippen molar-refractivity contribution in [3.8, 4) is 0 Å². The van der Waals surface area contributed by atoms with Crippen LogP contribution >= 0.6 is 0 Å². The van der Waals surface area contributed by atoms with Crippen LogP contribution in [0.15, 0.2) is 35.3 Å². The van der Waals surface area contributed by atoms with Crippen LogP contribution in [0.3, 0.4) is 0 Å². The number of aryl methyl sites for hydroxylation is 1. The van der Waals surface area contributed by atoms with Crippen molar-refractivity contribution in [2.45, 2.75) is 38.8 Å². The molecule has 25 heavy (non-hydrogen) atoms. The number of rotatable bonds is 5. The van der Waals surface area contributed by atoms with Crippen molar-refractivity contribution in [3.63, 3.8) is 0 Å². The number of pyridine rings is 2. The van der Waals surface area contributed by atoms with Crippen LogP contribution in [-0.2, 0) is 24.1 Å². The first-order valence-electron chi connectivity index (χ1n) is 8.52. The molecule has 132 valence electrons. The van der Waals surface area contributed by atoms with Gasteiger partial charge in [-0.3, -0.25) is 14.6 Å². The van der Waals surface area contributed by atoms with Gasteiger partial charge in [0, 0.05) is 43.3 Å². The van der Waals surface area contributed by atoms with Crippen LogP contribution in [0, 0.1) is 6.92 Å². The summed E-state index contributed by atoms with van der Waals surface area (Å²) in [5, 5.41) is 3.08. The molecular formula is C19H23N3O3. The highest BCUT2D eigenvalue weighted by molar-refractivity contribution is 5.94. The van der Waals surface area contributed by atoms with E-state index in [1.807, 2.05) is 19.1 Å². The first-order chi connectivity index (χ1) is 12.1. The lowest BCUT2D eigenvalue weighted by molar-refractivity contribution is 0.0933. The molecule has 3 rings (SSSR count). The minimum Gasteiger partial charge on any atom is -0.383 e. The van der Waals surface area contributed by atoms with Crippen molar-refractivity contribution < 1.29 is 9.53 Å². The molecule has 0 fully saturated rings. The average molecular weight is 341 g/mol. The minimum atomic E-state index is -0.103. The summed E-state index contributed by atoms with van der Waals surface area (Å²) in [7, 11) is 1.63. The quantitative estimate of drug-likeness (QED) is 0.894. The summed E-state index contributed by atoms with van der Waals surface area (Å²) in [6.07, 6.45) is 3.91. The van der Waals surface area contributed by atoms with Crippen LogP contribution in [0.4, 0.5) is 0 Å². The number of ether oxygens (including phenoxy) is 1. The van der Waals surface area contributed by atoms with Crippen LogP contribution in [0.25, 0.3) is 0 Å². The maximum Gasteiger partial charge on any atom is 0.253 e. The Balaban J connectivity index is 1.72. The molecule has 2 heterocycles. The fourth-order valence-corrected chi connectivity index (χ4v) is 3.25. The Kier molecular flexibility index (Phi) is 5.28. The molecule has 0 aliphatic heterocycles. The molecule has 1 N–H and O–H groups in total. The maximum absolute atomic E-state index is 12.4. The summed E-state index contributed by atoms with van der Waals surface area (Å²) < 4.78 is 6.89. The Morgan fingerprint density at radius 2 is 2.20 bits per heavy atom. The van der Waals surface area contributed by atoms with Gasteiger partial charge in [0.1, 0.15) is 0 Å². The topological polar surface area (TPSA) is 73.2 Å². The van der Waals surface area contributed by atoms with Gasteiger partial charge in [-0.25, -0.2) is 0 Å². The van der Waals surface area contributed by atoms with E-state index in [2.05, 4.69) is 10.3 Å². The Hall–Kier alpha value is -2.47. The number of carbonyl (C=O) groups is 1. The monoisotopic (exact) mass is 341 g/mol. The average Bonchev–Trinajstić information content (AvgIpc) is 2.61.